The number of carbonyl (C=O) groups excluding carboxylic acids is 2. The third kappa shape index (κ3) is 6.99. The number of halogens is 1. The molecular weight excluding hydrogens is 292 g/mol. The van der Waals surface area contributed by atoms with Gasteiger partial charge in [-0.25, -0.2) is 0 Å². The molecular formula is C15H21ClN2O3. The van der Waals surface area contributed by atoms with Crippen molar-refractivity contribution in [1.82, 2.24) is 10.6 Å². The summed E-state index contributed by atoms with van der Waals surface area (Å²) in [6.07, 6.45) is 1.14. The highest BCUT2D eigenvalue weighted by molar-refractivity contribution is 6.18. The number of aryl methyl sites for hydroxylation is 1. The molecule has 0 bridgehead atoms. The van der Waals surface area contributed by atoms with E-state index in [4.69, 9.17) is 16.3 Å². The molecule has 0 aliphatic carbocycles. The van der Waals surface area contributed by atoms with Gasteiger partial charge in [-0.15, -0.1) is 11.6 Å². The Morgan fingerprint density at radius 2 is 1.81 bits per heavy atom. The topological polar surface area (TPSA) is 67.4 Å². The van der Waals surface area contributed by atoms with Gasteiger partial charge in [-0.05, 0) is 18.1 Å². The predicted molar refractivity (Wildman–Crippen MR) is 82.7 cm³/mol. The number of carbonyl (C=O) groups is 2. The zero-order chi connectivity index (χ0) is 15.5. The molecule has 0 spiro atoms. The van der Waals surface area contributed by atoms with E-state index in [2.05, 4.69) is 10.6 Å². The Morgan fingerprint density at radius 1 is 1.14 bits per heavy atom. The number of hydrogen-bond donors (Lipinski definition) is 2. The first-order valence-corrected chi connectivity index (χ1v) is 7.51. The van der Waals surface area contributed by atoms with Crippen LogP contribution in [0.1, 0.15) is 18.9 Å². The van der Waals surface area contributed by atoms with Crippen molar-refractivity contribution in [3.63, 3.8) is 0 Å². The summed E-state index contributed by atoms with van der Waals surface area (Å²) in [5.41, 5.74) is 1.07. The smallest absolute Gasteiger partial charge is 0.258 e. The van der Waals surface area contributed by atoms with E-state index in [0.29, 0.717) is 19.0 Å². The van der Waals surface area contributed by atoms with Gasteiger partial charge in [0.15, 0.2) is 6.61 Å². The van der Waals surface area contributed by atoms with Crippen LogP contribution in [0, 0.1) is 0 Å². The van der Waals surface area contributed by atoms with Gasteiger partial charge in [-0.1, -0.05) is 25.1 Å². The Hall–Kier alpha value is -1.75. The van der Waals surface area contributed by atoms with E-state index in [1.54, 1.807) is 0 Å². The number of nitrogens with one attached hydrogen (secondary N) is 2. The summed E-state index contributed by atoms with van der Waals surface area (Å²) < 4.78 is 5.49. The number of hydrogen-bond acceptors (Lipinski definition) is 3. The number of benzene rings is 1. The van der Waals surface area contributed by atoms with Crippen molar-refractivity contribution in [2.75, 3.05) is 25.6 Å². The Kier molecular flexibility index (Phi) is 8.28. The van der Waals surface area contributed by atoms with Crippen molar-refractivity contribution in [3.8, 4) is 5.75 Å². The Balaban J connectivity index is 2.21. The Morgan fingerprint density at radius 3 is 2.48 bits per heavy atom. The van der Waals surface area contributed by atoms with Crippen LogP contribution in [0.15, 0.2) is 24.3 Å². The highest BCUT2D eigenvalue weighted by Gasteiger charge is 2.05. The molecule has 0 aromatic heterocycles. The lowest BCUT2D eigenvalue weighted by atomic mass is 10.1. The second-order valence-electron chi connectivity index (χ2n) is 4.39. The van der Waals surface area contributed by atoms with Gasteiger partial charge in [0.05, 0.1) is 0 Å². The quantitative estimate of drug-likeness (QED) is 0.536. The molecule has 1 rings (SSSR count). The van der Waals surface area contributed by atoms with E-state index < -0.39 is 0 Å². The molecule has 1 aromatic carbocycles. The minimum Gasteiger partial charge on any atom is -0.483 e. The lowest BCUT2D eigenvalue weighted by molar-refractivity contribution is -0.124. The maximum atomic E-state index is 11.6. The molecule has 0 saturated heterocycles. The molecule has 6 heteroatoms. The summed E-state index contributed by atoms with van der Waals surface area (Å²) >= 11 is 5.44. The van der Waals surface area contributed by atoms with Gasteiger partial charge in [-0.3, -0.25) is 9.59 Å². The summed E-state index contributed by atoms with van der Waals surface area (Å²) in [4.78, 5) is 22.8. The fourth-order valence-electron chi connectivity index (χ4n) is 1.71. The second-order valence-corrected chi connectivity index (χ2v) is 4.77. The maximum absolute atomic E-state index is 11.6. The van der Waals surface area contributed by atoms with Gasteiger partial charge in [0.1, 0.15) is 5.75 Å². The summed E-state index contributed by atoms with van der Waals surface area (Å²) in [5, 5.41) is 5.33. The molecule has 0 aliphatic heterocycles. The van der Waals surface area contributed by atoms with E-state index in [-0.39, 0.29) is 24.8 Å². The van der Waals surface area contributed by atoms with E-state index in [0.717, 1.165) is 17.7 Å². The van der Waals surface area contributed by atoms with Gasteiger partial charge in [0.25, 0.3) is 5.91 Å². The Bertz CT molecular complexity index is 466. The van der Waals surface area contributed by atoms with Crippen LogP contribution in [0.3, 0.4) is 0 Å². The third-order valence-electron chi connectivity index (χ3n) is 2.80. The van der Waals surface area contributed by atoms with Gasteiger partial charge < -0.3 is 15.4 Å². The minimum atomic E-state index is -0.215. The van der Waals surface area contributed by atoms with Gasteiger partial charge in [-0.2, -0.15) is 0 Å². The largest absolute Gasteiger partial charge is 0.483 e. The van der Waals surface area contributed by atoms with E-state index in [1.165, 1.54) is 0 Å². The lowest BCUT2D eigenvalue weighted by Crippen LogP contribution is -2.36. The molecule has 0 fully saturated rings. The summed E-state index contributed by atoms with van der Waals surface area (Å²) in [6, 6.07) is 7.63. The molecule has 2 N–H and O–H groups in total. The predicted octanol–water partition coefficient (Wildman–Crippen LogP) is 1.49. The van der Waals surface area contributed by atoms with E-state index in [9.17, 15) is 9.59 Å². The van der Waals surface area contributed by atoms with Crippen LogP contribution >= 0.6 is 11.6 Å². The van der Waals surface area contributed by atoms with Crippen LogP contribution in [-0.4, -0.2) is 37.4 Å². The molecule has 0 aliphatic rings. The zero-order valence-electron chi connectivity index (χ0n) is 12.2. The average molecular weight is 313 g/mol. The summed E-state index contributed by atoms with van der Waals surface area (Å²) in [7, 11) is 0. The highest BCUT2D eigenvalue weighted by Crippen LogP contribution is 2.17. The van der Waals surface area contributed by atoms with Crippen LogP contribution in [0.2, 0.25) is 0 Å². The van der Waals surface area contributed by atoms with Crippen LogP contribution < -0.4 is 15.4 Å². The first kappa shape index (κ1) is 17.3. The molecule has 0 saturated carbocycles. The number of alkyl halides is 1. The average Bonchev–Trinajstić information content (AvgIpc) is 2.50. The first-order valence-electron chi connectivity index (χ1n) is 6.97. The Labute approximate surface area is 130 Å². The minimum absolute atomic E-state index is 0.0351. The maximum Gasteiger partial charge on any atom is 0.258 e. The van der Waals surface area contributed by atoms with E-state index in [1.807, 2.05) is 31.2 Å². The molecule has 0 atom stereocenters. The molecule has 0 unspecified atom stereocenters. The van der Waals surface area contributed by atoms with Crippen molar-refractivity contribution in [2.45, 2.75) is 19.8 Å². The summed E-state index contributed by atoms with van der Waals surface area (Å²) in [6.45, 7) is 2.75. The normalized spacial score (nSPS) is 10.0. The SMILES string of the molecule is CCc1ccccc1OCC(=O)NCCNC(=O)CCCl. The molecule has 5 nitrogen and oxygen atoms in total. The van der Waals surface area contributed by atoms with Crippen LogP contribution in [0.25, 0.3) is 0 Å². The summed E-state index contributed by atoms with van der Waals surface area (Å²) in [5.74, 6) is 0.688. The molecule has 116 valence electrons. The van der Waals surface area contributed by atoms with Gasteiger partial charge >= 0.3 is 0 Å². The van der Waals surface area contributed by atoms with Crippen LogP contribution in [0.5, 0.6) is 5.75 Å². The molecule has 0 radical (unpaired) electrons. The van der Waals surface area contributed by atoms with Crippen molar-refractivity contribution >= 4 is 23.4 Å². The van der Waals surface area contributed by atoms with Crippen molar-refractivity contribution in [1.29, 1.82) is 0 Å². The lowest BCUT2D eigenvalue weighted by Gasteiger charge is -2.10. The third-order valence-corrected chi connectivity index (χ3v) is 2.99. The second kappa shape index (κ2) is 10.0. The fraction of sp³-hybridized carbons (Fsp3) is 0.467. The number of rotatable bonds is 9. The van der Waals surface area contributed by atoms with E-state index >= 15 is 0 Å². The zero-order valence-corrected chi connectivity index (χ0v) is 12.9. The number of amides is 2. The molecule has 1 aromatic rings. The van der Waals surface area contributed by atoms with Crippen LogP contribution in [0.4, 0.5) is 0 Å². The van der Waals surface area contributed by atoms with Gasteiger partial charge in [0.2, 0.25) is 5.91 Å². The molecule has 0 heterocycles. The number of ether oxygens (including phenoxy) is 1. The monoisotopic (exact) mass is 312 g/mol. The fourth-order valence-corrected chi connectivity index (χ4v) is 1.88. The highest BCUT2D eigenvalue weighted by atomic mass is 35.5. The standard InChI is InChI=1S/C15H21ClN2O3/c1-2-12-5-3-4-6-13(12)21-11-15(20)18-10-9-17-14(19)7-8-16/h3-6H,2,7-11H2,1H3,(H,17,19)(H,18,20). The van der Waals surface area contributed by atoms with Crippen LogP contribution in [-0.2, 0) is 16.0 Å². The number of para-hydroxylation sites is 1. The molecule has 2 amide bonds. The van der Waals surface area contributed by atoms with Gasteiger partial charge in [0, 0.05) is 25.4 Å². The van der Waals surface area contributed by atoms with Crippen molar-refractivity contribution in [3.05, 3.63) is 29.8 Å². The van der Waals surface area contributed by atoms with Crippen molar-refractivity contribution < 1.29 is 14.3 Å². The first-order chi connectivity index (χ1) is 10.2. The van der Waals surface area contributed by atoms with Crippen molar-refractivity contribution in [2.24, 2.45) is 0 Å². The molecule has 21 heavy (non-hydrogen) atoms.